The monoisotopic (exact) mass is 319 g/mol. The minimum absolute atomic E-state index is 0.201. The normalized spacial score (nSPS) is 11.5. The third-order valence-corrected chi connectivity index (χ3v) is 4.08. The van der Waals surface area contributed by atoms with Crippen molar-refractivity contribution in [2.45, 2.75) is 4.90 Å². The highest BCUT2D eigenvalue weighted by Gasteiger charge is 2.21. The molecule has 0 bridgehead atoms. The molecule has 1 N–H and O–H groups in total. The highest BCUT2D eigenvalue weighted by molar-refractivity contribution is 7.87. The van der Waals surface area contributed by atoms with E-state index in [0.717, 1.165) is 6.07 Å². The number of fused-ring (bicyclic) bond motifs is 1. The number of hydrogen-bond donors (Lipinski definition) is 1. The van der Waals surface area contributed by atoms with Crippen molar-refractivity contribution in [1.29, 1.82) is 0 Å². The fourth-order valence-corrected chi connectivity index (χ4v) is 2.77. The summed E-state index contributed by atoms with van der Waals surface area (Å²) in [5, 5.41) is 10.7. The predicted molar refractivity (Wildman–Crippen MR) is 77.0 cm³/mol. The van der Waals surface area contributed by atoms with Crippen LogP contribution in [0.4, 0.5) is 5.69 Å². The van der Waals surface area contributed by atoms with Gasteiger partial charge in [-0.1, -0.05) is 18.2 Å². The van der Waals surface area contributed by atoms with Gasteiger partial charge in [-0.2, -0.15) is 13.4 Å². The first-order valence-electron chi connectivity index (χ1n) is 6.09. The van der Waals surface area contributed by atoms with Crippen molar-refractivity contribution in [2.24, 2.45) is 0 Å². The molecule has 0 amide bonds. The molecule has 2 aromatic carbocycles. The summed E-state index contributed by atoms with van der Waals surface area (Å²) in [6, 6.07) is 11.3. The molecule has 8 nitrogen and oxygen atoms in total. The lowest BCUT2D eigenvalue weighted by Crippen LogP contribution is -2.10. The van der Waals surface area contributed by atoms with Gasteiger partial charge < -0.3 is 9.17 Å². The number of para-hydroxylation sites is 2. The molecule has 0 fully saturated rings. The number of non-ortho nitro benzene ring substituents is 1. The second-order valence-corrected chi connectivity index (χ2v) is 5.90. The summed E-state index contributed by atoms with van der Waals surface area (Å²) < 4.78 is 29.2. The van der Waals surface area contributed by atoms with Crippen molar-refractivity contribution < 1.29 is 17.5 Å². The average Bonchev–Trinajstić information content (AvgIpc) is 2.88. The van der Waals surface area contributed by atoms with Gasteiger partial charge in [0.05, 0.1) is 16.0 Å². The van der Waals surface area contributed by atoms with Crippen molar-refractivity contribution >= 4 is 26.8 Å². The van der Waals surface area contributed by atoms with Crippen LogP contribution in [0.25, 0.3) is 11.0 Å². The number of rotatable bonds is 4. The first-order chi connectivity index (χ1) is 10.5. The molecule has 3 rings (SSSR count). The smallest absolute Gasteiger partial charge is 0.342 e. The molecule has 3 aromatic rings. The van der Waals surface area contributed by atoms with Crippen LogP contribution in [0.15, 0.2) is 53.4 Å². The van der Waals surface area contributed by atoms with Crippen LogP contribution >= 0.6 is 0 Å². The first kappa shape index (κ1) is 14.0. The van der Waals surface area contributed by atoms with Crippen molar-refractivity contribution in [1.82, 2.24) is 9.97 Å². The number of nitrogens with zero attached hydrogens (tertiary/aromatic N) is 2. The van der Waals surface area contributed by atoms with E-state index in [1.54, 1.807) is 24.3 Å². The number of imidazole rings is 1. The second-order valence-electron chi connectivity index (χ2n) is 4.35. The van der Waals surface area contributed by atoms with Crippen LogP contribution in [0.3, 0.4) is 0 Å². The van der Waals surface area contributed by atoms with Gasteiger partial charge in [-0.15, -0.1) is 0 Å². The van der Waals surface area contributed by atoms with Crippen LogP contribution < -0.4 is 4.18 Å². The Labute approximate surface area is 124 Å². The lowest BCUT2D eigenvalue weighted by molar-refractivity contribution is -0.385. The Hall–Kier alpha value is -2.94. The summed E-state index contributed by atoms with van der Waals surface area (Å²) in [6.07, 6.45) is 0. The van der Waals surface area contributed by atoms with E-state index >= 15 is 0 Å². The van der Waals surface area contributed by atoms with Crippen LogP contribution in [-0.4, -0.2) is 23.3 Å². The number of benzene rings is 2. The van der Waals surface area contributed by atoms with E-state index < -0.39 is 15.0 Å². The molecular formula is C13H9N3O5S. The molecule has 0 saturated heterocycles. The molecule has 0 atom stereocenters. The summed E-state index contributed by atoms with van der Waals surface area (Å²) in [6.45, 7) is 0. The van der Waals surface area contributed by atoms with Crippen LogP contribution in [0, 0.1) is 10.1 Å². The van der Waals surface area contributed by atoms with E-state index in [4.69, 9.17) is 4.18 Å². The molecule has 1 aromatic heterocycles. The van der Waals surface area contributed by atoms with Gasteiger partial charge in [0.25, 0.3) is 5.69 Å². The van der Waals surface area contributed by atoms with Crippen LogP contribution in [0.1, 0.15) is 0 Å². The van der Waals surface area contributed by atoms with Crippen molar-refractivity contribution in [3.8, 4) is 6.01 Å². The standard InChI is InChI=1S/C13H9N3O5S/c17-16(18)9-4-3-5-10(8-9)22(19,20)21-13-14-11-6-1-2-7-12(11)15-13/h1-8H,(H,14,15). The van der Waals surface area contributed by atoms with Crippen molar-refractivity contribution in [3.63, 3.8) is 0 Å². The Morgan fingerprint density at radius 3 is 2.64 bits per heavy atom. The maximum Gasteiger partial charge on any atom is 0.342 e. The Kier molecular flexibility index (Phi) is 3.26. The van der Waals surface area contributed by atoms with Gasteiger partial charge >= 0.3 is 16.1 Å². The second kappa shape index (κ2) is 5.11. The predicted octanol–water partition coefficient (Wildman–Crippen LogP) is 2.24. The number of aromatic nitrogens is 2. The molecule has 0 spiro atoms. The molecule has 0 radical (unpaired) electrons. The Morgan fingerprint density at radius 2 is 1.91 bits per heavy atom. The molecular weight excluding hydrogens is 310 g/mol. The quantitative estimate of drug-likeness (QED) is 0.448. The number of aromatic amines is 1. The van der Waals surface area contributed by atoms with Gasteiger partial charge in [0.1, 0.15) is 4.90 Å². The lowest BCUT2D eigenvalue weighted by Gasteiger charge is -2.03. The summed E-state index contributed by atoms with van der Waals surface area (Å²) in [7, 11) is -4.22. The maximum absolute atomic E-state index is 12.1. The summed E-state index contributed by atoms with van der Waals surface area (Å²) in [4.78, 5) is 16.4. The largest absolute Gasteiger partial charge is 0.342 e. The zero-order valence-corrected chi connectivity index (χ0v) is 11.8. The molecule has 0 saturated carbocycles. The molecule has 0 unspecified atom stereocenters. The highest BCUT2D eigenvalue weighted by Crippen LogP contribution is 2.22. The van der Waals surface area contributed by atoms with E-state index in [9.17, 15) is 18.5 Å². The molecule has 0 aliphatic rings. The fraction of sp³-hybridized carbons (Fsp3) is 0. The molecule has 0 aliphatic carbocycles. The van der Waals surface area contributed by atoms with Crippen LogP contribution in [0.5, 0.6) is 6.01 Å². The number of nitro groups is 1. The Balaban J connectivity index is 1.96. The van der Waals surface area contributed by atoms with Gasteiger partial charge in [0.2, 0.25) is 0 Å². The molecule has 22 heavy (non-hydrogen) atoms. The van der Waals surface area contributed by atoms with E-state index in [1.807, 2.05) is 0 Å². The van der Waals surface area contributed by atoms with Crippen molar-refractivity contribution in [2.75, 3.05) is 0 Å². The third-order valence-electron chi connectivity index (χ3n) is 2.87. The minimum atomic E-state index is -4.22. The van der Waals surface area contributed by atoms with Gasteiger partial charge in [-0.05, 0) is 18.2 Å². The van der Waals surface area contributed by atoms with Crippen LogP contribution in [-0.2, 0) is 10.1 Å². The van der Waals surface area contributed by atoms with Crippen molar-refractivity contribution in [3.05, 3.63) is 58.6 Å². The molecule has 1 heterocycles. The topological polar surface area (TPSA) is 115 Å². The summed E-state index contributed by atoms with van der Waals surface area (Å²) >= 11 is 0. The maximum atomic E-state index is 12.1. The zero-order valence-electron chi connectivity index (χ0n) is 11.0. The zero-order chi connectivity index (χ0) is 15.7. The van der Waals surface area contributed by atoms with Gasteiger partial charge in [0, 0.05) is 12.1 Å². The third kappa shape index (κ3) is 2.61. The Bertz CT molecular complexity index is 931. The van der Waals surface area contributed by atoms with E-state index in [-0.39, 0.29) is 16.6 Å². The fourth-order valence-electron chi connectivity index (χ4n) is 1.87. The average molecular weight is 319 g/mol. The van der Waals surface area contributed by atoms with Gasteiger partial charge in [0.15, 0.2) is 0 Å². The van der Waals surface area contributed by atoms with Crippen LogP contribution in [0.2, 0.25) is 0 Å². The molecule has 112 valence electrons. The van der Waals surface area contributed by atoms with E-state index in [2.05, 4.69) is 9.97 Å². The Morgan fingerprint density at radius 1 is 1.14 bits per heavy atom. The molecule has 0 aliphatic heterocycles. The summed E-state index contributed by atoms with van der Waals surface area (Å²) in [5.41, 5.74) is 0.827. The van der Waals surface area contributed by atoms with E-state index in [1.165, 1.54) is 18.2 Å². The number of hydrogen-bond acceptors (Lipinski definition) is 6. The van der Waals surface area contributed by atoms with Gasteiger partial charge in [-0.3, -0.25) is 10.1 Å². The highest BCUT2D eigenvalue weighted by atomic mass is 32.2. The summed E-state index contributed by atoms with van der Waals surface area (Å²) in [5.74, 6) is 0. The number of H-pyrrole nitrogens is 1. The lowest BCUT2D eigenvalue weighted by atomic mass is 10.3. The minimum Gasteiger partial charge on any atom is -0.342 e. The first-order valence-corrected chi connectivity index (χ1v) is 7.50. The molecule has 9 heteroatoms. The van der Waals surface area contributed by atoms with Gasteiger partial charge in [-0.25, -0.2) is 0 Å². The number of nitrogens with one attached hydrogen (secondary N) is 1. The SMILES string of the molecule is O=[N+]([O-])c1cccc(S(=O)(=O)Oc2nc3ccccc3[nH]2)c1. The van der Waals surface area contributed by atoms with E-state index in [0.29, 0.717) is 11.0 Å². The number of nitro benzene ring substituents is 1.